The Bertz CT molecular complexity index is 512. The minimum absolute atomic E-state index is 0.0651. The van der Waals surface area contributed by atoms with Crippen LogP contribution in [0.25, 0.3) is 0 Å². The zero-order valence-electron chi connectivity index (χ0n) is 13.0. The average Bonchev–Trinajstić information content (AvgIpc) is 2.94. The lowest BCUT2D eigenvalue weighted by atomic mass is 9.81. The Balaban J connectivity index is 1.48. The molecule has 1 amide bonds. The summed E-state index contributed by atoms with van der Waals surface area (Å²) in [5.41, 5.74) is 3.23. The Morgan fingerprint density at radius 3 is 3.14 bits per heavy atom. The van der Waals surface area contributed by atoms with E-state index in [1.165, 1.54) is 31.2 Å². The molecule has 21 heavy (non-hydrogen) atoms. The summed E-state index contributed by atoms with van der Waals surface area (Å²) in [4.78, 5) is 12.2. The number of hydrogen-bond donors (Lipinski definition) is 2. The van der Waals surface area contributed by atoms with E-state index in [2.05, 4.69) is 23.6 Å². The molecule has 0 bridgehead atoms. The smallest absolute Gasteiger partial charge is 0.251 e. The molecule has 2 unspecified atom stereocenters. The van der Waals surface area contributed by atoms with Crippen molar-refractivity contribution in [1.29, 1.82) is 0 Å². The van der Waals surface area contributed by atoms with Crippen LogP contribution in [0.1, 0.15) is 54.9 Å². The molecule has 2 N–H and O–H groups in total. The van der Waals surface area contributed by atoms with Gasteiger partial charge in [-0.25, -0.2) is 0 Å². The van der Waals surface area contributed by atoms with Crippen molar-refractivity contribution in [2.45, 2.75) is 45.4 Å². The first kappa shape index (κ1) is 14.4. The maximum absolute atomic E-state index is 12.2. The summed E-state index contributed by atoms with van der Waals surface area (Å²) in [5, 5.41) is 6.41. The molecule has 1 heterocycles. The largest absolute Gasteiger partial charge is 0.384 e. The fourth-order valence-corrected chi connectivity index (χ4v) is 3.75. The molecule has 1 aromatic rings. The van der Waals surface area contributed by atoms with Gasteiger partial charge >= 0.3 is 0 Å². The van der Waals surface area contributed by atoms with Gasteiger partial charge in [0.25, 0.3) is 5.91 Å². The zero-order chi connectivity index (χ0) is 14.7. The van der Waals surface area contributed by atoms with Crippen LogP contribution in [0.5, 0.6) is 0 Å². The van der Waals surface area contributed by atoms with Crippen LogP contribution in [-0.4, -0.2) is 19.0 Å². The molecule has 3 nitrogen and oxygen atoms in total. The number of rotatable bonds is 4. The molecular weight excluding hydrogens is 260 g/mol. The van der Waals surface area contributed by atoms with Crippen LogP contribution < -0.4 is 10.6 Å². The number of anilines is 1. The van der Waals surface area contributed by atoms with E-state index in [0.29, 0.717) is 0 Å². The number of carbonyl (C=O) groups is 1. The standard InChI is InChI=1S/C18H26N2O/c1-13-3-2-4-14(11-13)7-9-20-18(21)16-6-5-15-8-10-19-17(15)12-16/h5-6,12-14,19H,2-4,7-11H2,1H3,(H,20,21). The summed E-state index contributed by atoms with van der Waals surface area (Å²) in [6.07, 6.45) is 7.60. The van der Waals surface area contributed by atoms with E-state index in [1.807, 2.05) is 12.1 Å². The van der Waals surface area contributed by atoms with Crippen LogP contribution in [0.3, 0.4) is 0 Å². The molecule has 0 aromatic heterocycles. The first-order valence-electron chi connectivity index (χ1n) is 8.37. The van der Waals surface area contributed by atoms with E-state index in [0.717, 1.165) is 49.0 Å². The molecule has 2 aliphatic rings. The molecule has 1 fully saturated rings. The Labute approximate surface area is 127 Å². The van der Waals surface area contributed by atoms with Crippen molar-refractivity contribution < 1.29 is 4.79 Å². The van der Waals surface area contributed by atoms with Gasteiger partial charge in [0.2, 0.25) is 0 Å². The van der Waals surface area contributed by atoms with Crippen LogP contribution >= 0.6 is 0 Å². The van der Waals surface area contributed by atoms with Gasteiger partial charge in [-0.1, -0.05) is 32.3 Å². The van der Waals surface area contributed by atoms with Gasteiger partial charge in [0.1, 0.15) is 0 Å². The van der Waals surface area contributed by atoms with Crippen LogP contribution in [0.15, 0.2) is 18.2 Å². The molecule has 3 rings (SSSR count). The van der Waals surface area contributed by atoms with Crippen molar-refractivity contribution in [1.82, 2.24) is 5.32 Å². The van der Waals surface area contributed by atoms with Crippen LogP contribution in [0.4, 0.5) is 5.69 Å². The molecule has 1 aliphatic carbocycles. The minimum Gasteiger partial charge on any atom is -0.384 e. The van der Waals surface area contributed by atoms with Crippen LogP contribution in [0, 0.1) is 11.8 Å². The summed E-state index contributed by atoms with van der Waals surface area (Å²) < 4.78 is 0. The lowest BCUT2D eigenvalue weighted by molar-refractivity contribution is 0.0949. The van der Waals surface area contributed by atoms with Crippen LogP contribution in [0.2, 0.25) is 0 Å². The van der Waals surface area contributed by atoms with Crippen molar-refractivity contribution >= 4 is 11.6 Å². The second kappa shape index (κ2) is 6.50. The molecule has 1 aliphatic heterocycles. The highest BCUT2D eigenvalue weighted by molar-refractivity contribution is 5.95. The minimum atomic E-state index is 0.0651. The summed E-state index contributed by atoms with van der Waals surface area (Å²) in [6, 6.07) is 6.01. The fraction of sp³-hybridized carbons (Fsp3) is 0.611. The Kier molecular flexibility index (Phi) is 4.47. The van der Waals surface area contributed by atoms with Crippen molar-refractivity contribution in [3.63, 3.8) is 0 Å². The molecule has 0 saturated heterocycles. The first-order valence-corrected chi connectivity index (χ1v) is 8.37. The molecule has 0 radical (unpaired) electrons. The second-order valence-corrected chi connectivity index (χ2v) is 6.73. The first-order chi connectivity index (χ1) is 10.2. The van der Waals surface area contributed by atoms with E-state index in [4.69, 9.17) is 0 Å². The molecule has 2 atom stereocenters. The number of carbonyl (C=O) groups excluding carboxylic acids is 1. The van der Waals surface area contributed by atoms with Crippen molar-refractivity contribution in [2.75, 3.05) is 18.4 Å². The molecule has 0 spiro atoms. The lowest BCUT2D eigenvalue weighted by Gasteiger charge is -2.26. The normalized spacial score (nSPS) is 24.2. The van der Waals surface area contributed by atoms with E-state index in [-0.39, 0.29) is 5.91 Å². The number of hydrogen-bond acceptors (Lipinski definition) is 2. The predicted molar refractivity (Wildman–Crippen MR) is 86.7 cm³/mol. The molecule has 114 valence electrons. The van der Waals surface area contributed by atoms with Crippen LogP contribution in [-0.2, 0) is 6.42 Å². The van der Waals surface area contributed by atoms with Crippen molar-refractivity contribution in [3.05, 3.63) is 29.3 Å². The van der Waals surface area contributed by atoms with Crippen molar-refractivity contribution in [3.8, 4) is 0 Å². The third-order valence-corrected chi connectivity index (χ3v) is 4.96. The Morgan fingerprint density at radius 2 is 2.29 bits per heavy atom. The molecule has 3 heteroatoms. The highest BCUT2D eigenvalue weighted by Crippen LogP contribution is 2.30. The van der Waals surface area contributed by atoms with Gasteiger partial charge in [-0.3, -0.25) is 4.79 Å². The number of benzene rings is 1. The monoisotopic (exact) mass is 286 g/mol. The van der Waals surface area contributed by atoms with Gasteiger partial charge in [-0.05, 0) is 48.8 Å². The van der Waals surface area contributed by atoms with Crippen molar-refractivity contribution in [2.24, 2.45) is 11.8 Å². The highest BCUT2D eigenvalue weighted by Gasteiger charge is 2.19. The third kappa shape index (κ3) is 3.58. The summed E-state index contributed by atoms with van der Waals surface area (Å²) in [7, 11) is 0. The van der Waals surface area contributed by atoms with Gasteiger partial charge in [-0.2, -0.15) is 0 Å². The summed E-state index contributed by atoms with van der Waals surface area (Å²) in [5.74, 6) is 1.73. The average molecular weight is 286 g/mol. The quantitative estimate of drug-likeness (QED) is 0.888. The number of amides is 1. The maximum Gasteiger partial charge on any atom is 0.251 e. The fourth-order valence-electron chi connectivity index (χ4n) is 3.75. The van der Waals surface area contributed by atoms with E-state index in [1.54, 1.807) is 0 Å². The zero-order valence-corrected chi connectivity index (χ0v) is 13.0. The van der Waals surface area contributed by atoms with E-state index in [9.17, 15) is 4.79 Å². The lowest BCUT2D eigenvalue weighted by Crippen LogP contribution is -2.27. The van der Waals surface area contributed by atoms with Gasteiger partial charge in [0.05, 0.1) is 0 Å². The summed E-state index contributed by atoms with van der Waals surface area (Å²) in [6.45, 7) is 4.14. The van der Waals surface area contributed by atoms with Gasteiger partial charge in [-0.15, -0.1) is 0 Å². The third-order valence-electron chi connectivity index (χ3n) is 4.96. The molecule has 1 aromatic carbocycles. The predicted octanol–water partition coefficient (Wildman–Crippen LogP) is 3.60. The highest BCUT2D eigenvalue weighted by atomic mass is 16.1. The molecule has 1 saturated carbocycles. The van der Waals surface area contributed by atoms with E-state index < -0.39 is 0 Å². The van der Waals surface area contributed by atoms with Gasteiger partial charge < -0.3 is 10.6 Å². The molecular formula is C18H26N2O. The topological polar surface area (TPSA) is 41.1 Å². The number of nitrogens with one attached hydrogen (secondary N) is 2. The maximum atomic E-state index is 12.2. The Hall–Kier alpha value is -1.51. The number of fused-ring (bicyclic) bond motifs is 1. The van der Waals surface area contributed by atoms with Gasteiger partial charge in [0, 0.05) is 24.3 Å². The second-order valence-electron chi connectivity index (χ2n) is 6.73. The van der Waals surface area contributed by atoms with E-state index >= 15 is 0 Å². The summed E-state index contributed by atoms with van der Waals surface area (Å²) >= 11 is 0. The van der Waals surface area contributed by atoms with Gasteiger partial charge in [0.15, 0.2) is 0 Å². The Morgan fingerprint density at radius 1 is 1.38 bits per heavy atom. The SMILES string of the molecule is CC1CCCC(CCNC(=O)c2ccc3c(c2)NCC3)C1.